The summed E-state index contributed by atoms with van der Waals surface area (Å²) in [6, 6.07) is 8.29. The van der Waals surface area contributed by atoms with Gasteiger partial charge < -0.3 is 14.5 Å². The summed E-state index contributed by atoms with van der Waals surface area (Å²) in [5.74, 6) is -0.460. The number of nitrogens with one attached hydrogen (secondary N) is 1. The summed E-state index contributed by atoms with van der Waals surface area (Å²) in [7, 11) is 0. The summed E-state index contributed by atoms with van der Waals surface area (Å²) < 4.78 is 9.97. The summed E-state index contributed by atoms with van der Waals surface area (Å²) in [6.07, 6.45) is 0. The Bertz CT molecular complexity index is 678. The monoisotopic (exact) mass is 307 g/mol. The molecule has 0 radical (unpaired) electrons. The molecule has 1 amide bonds. The first-order valence-electron chi connectivity index (χ1n) is 6.25. The van der Waals surface area contributed by atoms with Crippen molar-refractivity contribution in [2.45, 2.75) is 13.8 Å². The molecule has 21 heavy (non-hydrogen) atoms. The number of benzene rings is 1. The minimum atomic E-state index is -0.680. The fraction of sp³-hybridized carbons (Fsp3) is 0.200. The minimum absolute atomic E-state index is 0.0687. The third kappa shape index (κ3) is 4.10. The van der Waals surface area contributed by atoms with Crippen molar-refractivity contribution >= 4 is 29.2 Å². The largest absolute Gasteiger partial charge is 0.454 e. The van der Waals surface area contributed by atoms with E-state index in [9.17, 15) is 9.59 Å². The molecular formula is C15H14ClNO4. The molecular weight excluding hydrogens is 294 g/mol. The van der Waals surface area contributed by atoms with Gasteiger partial charge in [0.05, 0.1) is 0 Å². The second kappa shape index (κ2) is 6.45. The van der Waals surface area contributed by atoms with Gasteiger partial charge in [-0.3, -0.25) is 4.79 Å². The number of halogens is 1. The molecule has 1 N–H and O–H groups in total. The van der Waals surface area contributed by atoms with Crippen LogP contribution in [0.2, 0.25) is 5.02 Å². The van der Waals surface area contributed by atoms with Crippen LogP contribution < -0.4 is 5.32 Å². The normalized spacial score (nSPS) is 10.2. The Morgan fingerprint density at radius 1 is 1.24 bits per heavy atom. The Hall–Kier alpha value is -2.27. The highest BCUT2D eigenvalue weighted by atomic mass is 35.5. The highest BCUT2D eigenvalue weighted by Crippen LogP contribution is 2.20. The van der Waals surface area contributed by atoms with Gasteiger partial charge in [0.25, 0.3) is 5.91 Å². The number of hydrogen-bond donors (Lipinski definition) is 1. The SMILES string of the molecule is Cc1ccc(C(=O)OCC(=O)Nc2cc(Cl)ccc2C)o1. The standard InChI is InChI=1S/C15H14ClNO4/c1-9-3-5-11(16)7-12(9)17-14(18)8-20-15(19)13-6-4-10(2)21-13/h3-7H,8H2,1-2H3,(H,17,18). The molecule has 2 aromatic rings. The van der Waals surface area contributed by atoms with Gasteiger partial charge in [0.2, 0.25) is 5.76 Å². The van der Waals surface area contributed by atoms with E-state index < -0.39 is 18.5 Å². The maximum Gasteiger partial charge on any atom is 0.374 e. The van der Waals surface area contributed by atoms with Crippen molar-refractivity contribution in [1.82, 2.24) is 0 Å². The average Bonchev–Trinajstić information content (AvgIpc) is 2.87. The number of hydrogen-bond acceptors (Lipinski definition) is 4. The van der Waals surface area contributed by atoms with E-state index in [0.717, 1.165) is 5.56 Å². The Morgan fingerprint density at radius 3 is 2.67 bits per heavy atom. The maximum absolute atomic E-state index is 11.8. The molecule has 0 bridgehead atoms. The summed E-state index contributed by atoms with van der Waals surface area (Å²) in [6.45, 7) is 3.15. The van der Waals surface area contributed by atoms with Gasteiger partial charge in [-0.1, -0.05) is 17.7 Å². The van der Waals surface area contributed by atoms with Crippen molar-refractivity contribution in [3.63, 3.8) is 0 Å². The second-order valence-electron chi connectivity index (χ2n) is 4.49. The number of aryl methyl sites for hydroxylation is 2. The van der Waals surface area contributed by atoms with Crippen LogP contribution in [0.1, 0.15) is 21.9 Å². The first-order chi connectivity index (χ1) is 9.95. The van der Waals surface area contributed by atoms with Crippen molar-refractivity contribution in [3.05, 3.63) is 52.4 Å². The van der Waals surface area contributed by atoms with Crippen LogP contribution in [0.5, 0.6) is 0 Å². The fourth-order valence-electron chi connectivity index (χ4n) is 1.66. The zero-order valence-corrected chi connectivity index (χ0v) is 12.4. The first-order valence-corrected chi connectivity index (χ1v) is 6.63. The van der Waals surface area contributed by atoms with E-state index in [4.69, 9.17) is 20.8 Å². The Morgan fingerprint density at radius 2 is 2.00 bits per heavy atom. The molecule has 0 saturated heterocycles. The summed E-state index contributed by atoms with van der Waals surface area (Å²) in [5.41, 5.74) is 1.44. The molecule has 0 atom stereocenters. The fourth-order valence-corrected chi connectivity index (χ4v) is 1.83. The molecule has 1 aromatic carbocycles. The molecule has 5 nitrogen and oxygen atoms in total. The molecule has 0 fully saturated rings. The van der Waals surface area contributed by atoms with Gasteiger partial charge >= 0.3 is 5.97 Å². The quantitative estimate of drug-likeness (QED) is 0.880. The van der Waals surface area contributed by atoms with Gasteiger partial charge in [-0.2, -0.15) is 0 Å². The Balaban J connectivity index is 1.90. The van der Waals surface area contributed by atoms with E-state index in [1.54, 1.807) is 31.2 Å². The number of esters is 1. The topological polar surface area (TPSA) is 68.5 Å². The number of furan rings is 1. The van der Waals surface area contributed by atoms with Crippen LogP contribution in [0.15, 0.2) is 34.7 Å². The lowest BCUT2D eigenvalue weighted by atomic mass is 10.2. The van der Waals surface area contributed by atoms with Gasteiger partial charge in [-0.05, 0) is 43.7 Å². The molecule has 0 unspecified atom stereocenters. The Kier molecular flexibility index (Phi) is 4.65. The molecule has 6 heteroatoms. The van der Waals surface area contributed by atoms with Crippen LogP contribution in [0.4, 0.5) is 5.69 Å². The number of amides is 1. The molecule has 0 aliphatic heterocycles. The zero-order valence-electron chi connectivity index (χ0n) is 11.6. The third-order valence-corrected chi connectivity index (χ3v) is 2.98. The van der Waals surface area contributed by atoms with Crippen LogP contribution >= 0.6 is 11.6 Å². The lowest BCUT2D eigenvalue weighted by Gasteiger charge is -2.08. The molecule has 0 aliphatic carbocycles. The smallest absolute Gasteiger partial charge is 0.374 e. The van der Waals surface area contributed by atoms with Crippen molar-refractivity contribution in [2.75, 3.05) is 11.9 Å². The van der Waals surface area contributed by atoms with E-state index in [1.165, 1.54) is 6.07 Å². The van der Waals surface area contributed by atoms with Gasteiger partial charge in [-0.15, -0.1) is 0 Å². The van der Waals surface area contributed by atoms with Crippen LogP contribution in [-0.2, 0) is 9.53 Å². The maximum atomic E-state index is 11.8. The first kappa shape index (κ1) is 15.1. The minimum Gasteiger partial charge on any atom is -0.454 e. The van der Waals surface area contributed by atoms with Crippen LogP contribution in [-0.4, -0.2) is 18.5 Å². The van der Waals surface area contributed by atoms with E-state index in [-0.39, 0.29) is 5.76 Å². The molecule has 0 saturated carbocycles. The molecule has 1 heterocycles. The lowest BCUT2D eigenvalue weighted by Crippen LogP contribution is -2.21. The van der Waals surface area contributed by atoms with Gasteiger partial charge in [0.1, 0.15) is 5.76 Å². The summed E-state index contributed by atoms with van der Waals surface area (Å²) in [5, 5.41) is 3.14. The highest BCUT2D eigenvalue weighted by molar-refractivity contribution is 6.31. The Labute approximate surface area is 126 Å². The zero-order chi connectivity index (χ0) is 15.4. The highest BCUT2D eigenvalue weighted by Gasteiger charge is 2.14. The predicted molar refractivity (Wildman–Crippen MR) is 78.5 cm³/mol. The predicted octanol–water partition coefficient (Wildman–Crippen LogP) is 3.35. The molecule has 0 spiro atoms. The number of carbonyl (C=O) groups excluding carboxylic acids is 2. The second-order valence-corrected chi connectivity index (χ2v) is 4.93. The van der Waals surface area contributed by atoms with Crippen molar-refractivity contribution in [2.24, 2.45) is 0 Å². The molecule has 2 rings (SSSR count). The third-order valence-electron chi connectivity index (χ3n) is 2.75. The number of anilines is 1. The summed E-state index contributed by atoms with van der Waals surface area (Å²) in [4.78, 5) is 23.4. The number of carbonyl (C=O) groups is 2. The van der Waals surface area contributed by atoms with Gasteiger partial charge in [0.15, 0.2) is 6.61 Å². The lowest BCUT2D eigenvalue weighted by molar-refractivity contribution is -0.119. The molecule has 110 valence electrons. The molecule has 0 aliphatic rings. The van der Waals surface area contributed by atoms with Gasteiger partial charge in [-0.25, -0.2) is 4.79 Å². The van der Waals surface area contributed by atoms with E-state index in [2.05, 4.69) is 5.32 Å². The van der Waals surface area contributed by atoms with Crippen LogP contribution in [0.25, 0.3) is 0 Å². The van der Waals surface area contributed by atoms with Crippen molar-refractivity contribution < 1.29 is 18.7 Å². The van der Waals surface area contributed by atoms with Crippen molar-refractivity contribution in [3.8, 4) is 0 Å². The van der Waals surface area contributed by atoms with E-state index in [1.807, 2.05) is 6.92 Å². The van der Waals surface area contributed by atoms with Gasteiger partial charge in [0, 0.05) is 10.7 Å². The van der Waals surface area contributed by atoms with Crippen LogP contribution in [0, 0.1) is 13.8 Å². The number of rotatable bonds is 4. The van der Waals surface area contributed by atoms with E-state index in [0.29, 0.717) is 16.5 Å². The van der Waals surface area contributed by atoms with E-state index >= 15 is 0 Å². The number of ether oxygens (including phenoxy) is 1. The van der Waals surface area contributed by atoms with Crippen molar-refractivity contribution in [1.29, 1.82) is 0 Å². The summed E-state index contributed by atoms with van der Waals surface area (Å²) >= 11 is 5.86. The van der Waals surface area contributed by atoms with Crippen LogP contribution in [0.3, 0.4) is 0 Å². The molecule has 1 aromatic heterocycles. The average molecular weight is 308 g/mol.